The Balaban J connectivity index is 3.36. The molecule has 0 aliphatic heterocycles. The smallest absolute Gasteiger partial charge is 0.326 e. The molecule has 15 N–H and O–H groups in total. The van der Waals surface area contributed by atoms with E-state index >= 15 is 0 Å². The number of amides is 7. The van der Waals surface area contributed by atoms with Gasteiger partial charge in [-0.15, -0.1) is 0 Å². The molecule has 0 saturated heterocycles. The summed E-state index contributed by atoms with van der Waals surface area (Å²) in [4.78, 5) is 139. The van der Waals surface area contributed by atoms with Crippen LogP contribution in [-0.4, -0.2) is 151 Å². The number of phenolic OH excluding ortho intramolecular Hbond substituents is 1. The molecule has 0 radical (unpaired) electrons. The van der Waals surface area contributed by atoms with Crippen molar-refractivity contribution >= 4 is 65.2 Å². The maximum atomic E-state index is 13.7. The molecule has 1 aromatic rings. The van der Waals surface area contributed by atoms with Crippen LogP contribution in [0.25, 0.3) is 0 Å². The minimum absolute atomic E-state index is 0.0526. The first-order valence-electron chi connectivity index (χ1n) is 19.9. The lowest BCUT2D eigenvalue weighted by Crippen LogP contribution is -2.61. The van der Waals surface area contributed by atoms with E-state index in [-0.39, 0.29) is 30.4 Å². The molecule has 0 aliphatic carbocycles. The summed E-state index contributed by atoms with van der Waals surface area (Å²) in [5, 5.41) is 72.7. The predicted molar refractivity (Wildman–Crippen MR) is 219 cm³/mol. The average molecular weight is 911 g/mol. The molecular weight excluding hydrogens is 852 g/mol. The van der Waals surface area contributed by atoms with Crippen molar-refractivity contribution in [3.63, 3.8) is 0 Å². The van der Waals surface area contributed by atoms with Gasteiger partial charge in [-0.05, 0) is 42.9 Å². The lowest BCUT2D eigenvalue weighted by molar-refractivity contribution is -0.147. The molecule has 0 saturated carbocycles. The second kappa shape index (κ2) is 26.6. The Kier molecular flexibility index (Phi) is 22.9. The molecule has 64 heavy (non-hydrogen) atoms. The highest BCUT2D eigenvalue weighted by Gasteiger charge is 2.36. The number of carboxylic acids is 4. The van der Waals surface area contributed by atoms with Crippen LogP contribution in [0, 0.1) is 11.8 Å². The number of aliphatic hydroxyl groups is 1. The number of carbonyl (C=O) groups excluding carboxylic acids is 7. The number of benzene rings is 1. The van der Waals surface area contributed by atoms with Gasteiger partial charge in [0, 0.05) is 6.42 Å². The third-order valence-electron chi connectivity index (χ3n) is 9.43. The van der Waals surface area contributed by atoms with Crippen molar-refractivity contribution in [1.82, 2.24) is 37.2 Å². The molecule has 1 aromatic carbocycles. The third kappa shape index (κ3) is 19.9. The molecule has 356 valence electrons. The molecule has 25 nitrogen and oxygen atoms in total. The van der Waals surface area contributed by atoms with E-state index in [1.807, 2.05) is 10.6 Å². The van der Waals surface area contributed by atoms with Crippen LogP contribution in [0.15, 0.2) is 24.3 Å². The van der Waals surface area contributed by atoms with E-state index in [2.05, 4.69) is 26.6 Å². The Labute approximate surface area is 366 Å². The van der Waals surface area contributed by atoms with Crippen LogP contribution < -0.4 is 43.0 Å². The normalized spacial score (nSPS) is 15.2. The van der Waals surface area contributed by atoms with Gasteiger partial charge < -0.3 is 73.6 Å². The van der Waals surface area contributed by atoms with Gasteiger partial charge in [-0.2, -0.15) is 0 Å². The number of hydrogen-bond acceptors (Lipinski definition) is 14. The largest absolute Gasteiger partial charge is 0.508 e. The van der Waals surface area contributed by atoms with Crippen molar-refractivity contribution in [2.24, 2.45) is 17.6 Å². The quantitative estimate of drug-likeness (QED) is 0.0384. The molecule has 0 unspecified atom stereocenters. The zero-order valence-corrected chi connectivity index (χ0v) is 35.8. The number of aliphatic carboxylic acids is 4. The van der Waals surface area contributed by atoms with E-state index in [4.69, 9.17) is 10.8 Å². The minimum Gasteiger partial charge on any atom is -0.508 e. The van der Waals surface area contributed by atoms with Crippen LogP contribution in [-0.2, 0) is 59.2 Å². The van der Waals surface area contributed by atoms with Gasteiger partial charge in [0.2, 0.25) is 41.4 Å². The summed E-state index contributed by atoms with van der Waals surface area (Å²) in [6.45, 7) is 7.00. The van der Waals surface area contributed by atoms with E-state index in [1.54, 1.807) is 27.7 Å². The van der Waals surface area contributed by atoms with Crippen molar-refractivity contribution in [1.29, 1.82) is 0 Å². The molecule has 0 spiro atoms. The standard InChI is InChI=1S/C39H58N8O17/c1-6-18(4)31(40)37(61)47-32(19(5)48)38(62)45-25(14-29(53)54)36(60)44-24(13-28(51)52)35(59)43-23(12-20-7-9-21(49)10-8-20)33(57)41-16-27(50)42-22(11-17(2)3)34(58)46-26(39(63)64)15-30(55)56/h7-10,17-19,22-26,31-32,48-49H,6,11-16,40H2,1-5H3,(H,41,57)(H,42,50)(H,43,59)(H,44,60)(H,45,62)(H,46,58)(H,47,61)(H,51,52)(H,53,54)(H,55,56)(H,63,64)/t18-,19+,22-,23-,24-,25-,26-,31-,32-/m0/s1. The van der Waals surface area contributed by atoms with Crippen molar-refractivity contribution in [3.05, 3.63) is 29.8 Å². The average Bonchev–Trinajstić information content (AvgIpc) is 3.19. The van der Waals surface area contributed by atoms with E-state index in [0.717, 1.165) is 6.92 Å². The number of carbonyl (C=O) groups is 11. The van der Waals surface area contributed by atoms with Crippen molar-refractivity contribution < 1.29 is 83.4 Å². The SMILES string of the molecule is CC[C@H](C)[C@H](N)C(=O)N[C@H](C(=O)N[C@@H](CC(=O)O)C(=O)N[C@@H](CC(=O)O)C(=O)N[C@@H](Cc1ccc(O)cc1)C(=O)NCC(=O)N[C@@H](CC(C)C)C(=O)N[C@@H](CC(=O)O)C(=O)O)[C@@H](C)O. The van der Waals surface area contributed by atoms with Crippen molar-refractivity contribution in [3.8, 4) is 5.75 Å². The summed E-state index contributed by atoms with van der Waals surface area (Å²) in [6, 6.07) is -6.65. The molecule has 9 atom stereocenters. The highest BCUT2D eigenvalue weighted by atomic mass is 16.4. The van der Waals surface area contributed by atoms with Crippen molar-refractivity contribution in [2.75, 3.05) is 6.54 Å². The highest BCUT2D eigenvalue weighted by Crippen LogP contribution is 2.13. The maximum absolute atomic E-state index is 13.7. The number of phenols is 1. The molecular formula is C39H58N8O17. The Hall–Kier alpha value is -6.89. The predicted octanol–water partition coefficient (Wildman–Crippen LogP) is -3.73. The fourth-order valence-electron chi connectivity index (χ4n) is 5.70. The summed E-state index contributed by atoms with van der Waals surface area (Å²) < 4.78 is 0. The number of aromatic hydroxyl groups is 1. The second-order valence-corrected chi connectivity index (χ2v) is 15.4. The fraction of sp³-hybridized carbons (Fsp3) is 0.564. The number of hydrogen-bond donors (Lipinski definition) is 14. The van der Waals surface area contributed by atoms with Crippen LogP contribution in [0.3, 0.4) is 0 Å². The molecule has 0 aliphatic rings. The molecule has 0 aromatic heterocycles. The van der Waals surface area contributed by atoms with Crippen LogP contribution in [0.4, 0.5) is 0 Å². The molecule has 0 heterocycles. The van der Waals surface area contributed by atoms with E-state index in [9.17, 15) is 78.3 Å². The molecule has 0 bridgehead atoms. The number of rotatable bonds is 28. The minimum atomic E-state index is -2.05. The van der Waals surface area contributed by atoms with Crippen LogP contribution in [0.2, 0.25) is 0 Å². The fourth-order valence-corrected chi connectivity index (χ4v) is 5.70. The Bertz CT molecular complexity index is 1860. The summed E-state index contributed by atoms with van der Waals surface area (Å²) >= 11 is 0. The number of nitrogens with two attached hydrogens (primary N) is 1. The number of nitrogens with one attached hydrogen (secondary N) is 7. The van der Waals surface area contributed by atoms with Gasteiger partial charge in [0.1, 0.15) is 42.0 Å². The van der Waals surface area contributed by atoms with E-state index in [1.165, 1.54) is 24.3 Å². The topological polar surface area (TPSA) is 419 Å². The van der Waals surface area contributed by atoms with E-state index < -0.39 is 139 Å². The Morgan fingerprint density at radius 2 is 1.03 bits per heavy atom. The summed E-state index contributed by atoms with van der Waals surface area (Å²) in [7, 11) is 0. The third-order valence-corrected chi connectivity index (χ3v) is 9.43. The first-order valence-corrected chi connectivity index (χ1v) is 19.9. The molecule has 0 fully saturated rings. The molecule has 1 rings (SSSR count). The highest BCUT2D eigenvalue weighted by molar-refractivity contribution is 5.99. The molecule has 25 heteroatoms. The van der Waals surface area contributed by atoms with Crippen molar-refractivity contribution in [2.45, 2.75) is 122 Å². The summed E-state index contributed by atoms with van der Waals surface area (Å²) in [5.74, 6) is -15.2. The van der Waals surface area contributed by atoms with Gasteiger partial charge in [-0.25, -0.2) is 4.79 Å². The van der Waals surface area contributed by atoms with Gasteiger partial charge in [-0.3, -0.25) is 47.9 Å². The Morgan fingerprint density at radius 1 is 0.578 bits per heavy atom. The zero-order chi connectivity index (χ0) is 49.0. The molecule has 7 amide bonds. The number of aliphatic hydroxyl groups excluding tert-OH is 1. The van der Waals surface area contributed by atoms with Gasteiger partial charge in [0.15, 0.2) is 0 Å². The van der Waals surface area contributed by atoms with Crippen LogP contribution >= 0.6 is 0 Å². The van der Waals surface area contributed by atoms with Gasteiger partial charge in [-0.1, -0.05) is 46.2 Å². The first-order chi connectivity index (χ1) is 29.7. The van der Waals surface area contributed by atoms with Crippen LogP contribution in [0.1, 0.15) is 72.3 Å². The second-order valence-electron chi connectivity index (χ2n) is 15.4. The van der Waals surface area contributed by atoms with Gasteiger partial charge in [0.05, 0.1) is 38.0 Å². The lowest BCUT2D eigenvalue weighted by atomic mass is 9.98. The summed E-state index contributed by atoms with van der Waals surface area (Å²) in [6.07, 6.45) is -4.82. The first kappa shape index (κ1) is 55.1. The van der Waals surface area contributed by atoms with Crippen LogP contribution in [0.5, 0.6) is 5.75 Å². The zero-order valence-electron chi connectivity index (χ0n) is 35.8. The number of carboxylic acid groups (broad SMARTS) is 4. The lowest BCUT2D eigenvalue weighted by Gasteiger charge is -2.27. The van der Waals surface area contributed by atoms with Gasteiger partial charge in [0.25, 0.3) is 0 Å². The summed E-state index contributed by atoms with van der Waals surface area (Å²) in [5.41, 5.74) is 6.22. The Morgan fingerprint density at radius 3 is 1.48 bits per heavy atom. The van der Waals surface area contributed by atoms with Gasteiger partial charge >= 0.3 is 23.9 Å². The maximum Gasteiger partial charge on any atom is 0.326 e. The van der Waals surface area contributed by atoms with E-state index in [0.29, 0.717) is 12.0 Å². The monoisotopic (exact) mass is 910 g/mol.